The topological polar surface area (TPSA) is 93.5 Å². The van der Waals surface area contributed by atoms with E-state index in [0.29, 0.717) is 27.7 Å². The third-order valence-corrected chi connectivity index (χ3v) is 4.30. The molecule has 0 aliphatic heterocycles. The third-order valence-electron chi connectivity index (χ3n) is 2.88. The Morgan fingerprint density at radius 2 is 2.10 bits per heavy atom. The minimum atomic E-state index is -3.29. The van der Waals surface area contributed by atoms with Gasteiger partial charge in [-0.15, -0.1) is 5.10 Å². The van der Waals surface area contributed by atoms with E-state index in [0.717, 1.165) is 6.26 Å². The molecular weight excluding hydrogens is 302 g/mol. The van der Waals surface area contributed by atoms with Crippen LogP contribution in [0.25, 0.3) is 22.7 Å². The largest absolute Gasteiger partial charge is 0.320 e. The van der Waals surface area contributed by atoms with Crippen molar-refractivity contribution < 1.29 is 8.42 Å². The second-order valence-electron chi connectivity index (χ2n) is 4.38. The molecule has 1 aromatic carbocycles. The van der Waals surface area contributed by atoms with E-state index in [-0.39, 0.29) is 4.90 Å². The molecule has 3 rings (SSSR count). The molecule has 0 saturated heterocycles. The normalized spacial score (nSPS) is 12.2. The molecule has 0 aliphatic carbocycles. The van der Waals surface area contributed by atoms with Crippen molar-refractivity contribution >= 4 is 32.7 Å². The average Bonchev–Trinajstić information content (AvgIpc) is 2.91. The van der Waals surface area contributed by atoms with Crippen LogP contribution in [-0.4, -0.2) is 39.6 Å². The number of nitrogens with zero attached hydrogens (tertiary/aromatic N) is 4. The summed E-state index contributed by atoms with van der Waals surface area (Å²) in [6.45, 7) is 0. The summed E-state index contributed by atoms with van der Waals surface area (Å²) in [5.74, 6) is 0.519. The maximum atomic E-state index is 11.5. The Balaban J connectivity index is 2.14. The number of H-pyrrole nitrogens is 1. The number of sulfone groups is 1. The average molecular weight is 312 g/mol. The number of aromatic amines is 1. The van der Waals surface area contributed by atoms with Gasteiger partial charge in [-0.1, -0.05) is 16.8 Å². The number of imidazole rings is 1. The van der Waals surface area contributed by atoms with Gasteiger partial charge in [0.25, 0.3) is 0 Å². The molecule has 0 aliphatic rings. The minimum absolute atomic E-state index is 0.169. The summed E-state index contributed by atoms with van der Waals surface area (Å²) in [7, 11) is -1.56. The van der Waals surface area contributed by atoms with Crippen molar-refractivity contribution in [3.63, 3.8) is 0 Å². The van der Waals surface area contributed by atoms with Crippen LogP contribution >= 0.6 is 11.6 Å². The van der Waals surface area contributed by atoms with Crippen molar-refractivity contribution in [1.29, 1.82) is 0 Å². The standard InChI is InChI=1S/C11H10ClN5O2S/c1-17-11-10(15-16-17)13-9(14-11)7-4-3-6(5-8(7)12)20(2,18)19/h3-5H,1-2H3,(H,13,14). The number of benzene rings is 1. The number of hydrogen-bond donors (Lipinski definition) is 1. The maximum Gasteiger partial charge on any atom is 0.200 e. The molecule has 104 valence electrons. The van der Waals surface area contributed by atoms with Crippen molar-refractivity contribution in [1.82, 2.24) is 25.0 Å². The van der Waals surface area contributed by atoms with Gasteiger partial charge >= 0.3 is 0 Å². The molecule has 3 aromatic rings. The van der Waals surface area contributed by atoms with Crippen molar-refractivity contribution in [2.24, 2.45) is 7.05 Å². The van der Waals surface area contributed by atoms with Gasteiger partial charge in [-0.25, -0.2) is 18.1 Å². The van der Waals surface area contributed by atoms with Gasteiger partial charge in [0.15, 0.2) is 15.5 Å². The number of halogens is 1. The van der Waals surface area contributed by atoms with E-state index in [1.165, 1.54) is 16.8 Å². The molecule has 2 heterocycles. The lowest BCUT2D eigenvalue weighted by molar-refractivity contribution is 0.602. The van der Waals surface area contributed by atoms with Crippen molar-refractivity contribution in [3.05, 3.63) is 23.2 Å². The van der Waals surface area contributed by atoms with E-state index in [9.17, 15) is 8.42 Å². The van der Waals surface area contributed by atoms with Crippen LogP contribution in [0.2, 0.25) is 5.02 Å². The molecule has 0 spiro atoms. The Labute approximate surface area is 119 Å². The molecule has 0 unspecified atom stereocenters. The smallest absolute Gasteiger partial charge is 0.200 e. The van der Waals surface area contributed by atoms with Crippen LogP contribution in [-0.2, 0) is 16.9 Å². The fourth-order valence-corrected chi connectivity index (χ4v) is 2.83. The fraction of sp³-hybridized carbons (Fsp3) is 0.182. The lowest BCUT2D eigenvalue weighted by atomic mass is 10.2. The summed E-state index contributed by atoms with van der Waals surface area (Å²) in [5.41, 5.74) is 1.76. The van der Waals surface area contributed by atoms with E-state index in [4.69, 9.17) is 11.6 Å². The molecule has 0 fully saturated rings. The first-order valence-corrected chi connectivity index (χ1v) is 7.88. The van der Waals surface area contributed by atoms with Crippen LogP contribution in [0.4, 0.5) is 0 Å². The zero-order valence-electron chi connectivity index (χ0n) is 10.6. The van der Waals surface area contributed by atoms with E-state index in [1.54, 1.807) is 13.1 Å². The molecule has 2 aromatic heterocycles. The zero-order chi connectivity index (χ0) is 14.5. The number of rotatable bonds is 2. The van der Waals surface area contributed by atoms with Crippen LogP contribution in [0, 0.1) is 0 Å². The Morgan fingerprint density at radius 3 is 2.70 bits per heavy atom. The highest BCUT2D eigenvalue weighted by molar-refractivity contribution is 7.90. The maximum absolute atomic E-state index is 11.5. The lowest BCUT2D eigenvalue weighted by Gasteiger charge is -2.03. The number of aryl methyl sites for hydroxylation is 1. The minimum Gasteiger partial charge on any atom is -0.320 e. The van der Waals surface area contributed by atoms with Gasteiger partial charge in [0.05, 0.1) is 9.92 Å². The molecule has 9 heteroatoms. The van der Waals surface area contributed by atoms with Crippen LogP contribution in [0.15, 0.2) is 23.1 Å². The van der Waals surface area contributed by atoms with Crippen LogP contribution in [0.1, 0.15) is 0 Å². The lowest BCUT2D eigenvalue weighted by Crippen LogP contribution is -1.97. The monoisotopic (exact) mass is 311 g/mol. The van der Waals surface area contributed by atoms with Crippen molar-refractivity contribution in [3.8, 4) is 11.4 Å². The second kappa shape index (κ2) is 4.29. The molecule has 0 radical (unpaired) electrons. The molecule has 1 N–H and O–H groups in total. The summed E-state index contributed by atoms with van der Waals surface area (Å²) in [6.07, 6.45) is 1.13. The predicted molar refractivity (Wildman–Crippen MR) is 74.2 cm³/mol. The summed E-state index contributed by atoms with van der Waals surface area (Å²) in [5, 5.41) is 8.03. The Bertz CT molecular complexity index is 912. The van der Waals surface area contributed by atoms with Gasteiger partial charge in [0, 0.05) is 18.9 Å². The number of nitrogens with one attached hydrogen (secondary N) is 1. The summed E-state index contributed by atoms with van der Waals surface area (Å²) >= 11 is 6.14. The van der Waals surface area contributed by atoms with Gasteiger partial charge in [-0.2, -0.15) is 0 Å². The highest BCUT2D eigenvalue weighted by atomic mass is 35.5. The van der Waals surface area contributed by atoms with E-state index in [1.807, 2.05) is 0 Å². The first kappa shape index (κ1) is 13.1. The highest BCUT2D eigenvalue weighted by Crippen LogP contribution is 2.29. The number of hydrogen-bond acceptors (Lipinski definition) is 5. The predicted octanol–water partition coefficient (Wildman–Crippen LogP) is 1.42. The molecule has 0 saturated carbocycles. The van der Waals surface area contributed by atoms with Crippen LogP contribution in [0.3, 0.4) is 0 Å². The Morgan fingerprint density at radius 1 is 1.35 bits per heavy atom. The first-order valence-electron chi connectivity index (χ1n) is 5.61. The van der Waals surface area contributed by atoms with Gasteiger partial charge in [-0.3, -0.25) is 0 Å². The molecule has 0 bridgehead atoms. The van der Waals surface area contributed by atoms with Gasteiger partial charge in [-0.05, 0) is 18.2 Å². The molecule has 20 heavy (non-hydrogen) atoms. The zero-order valence-corrected chi connectivity index (χ0v) is 12.2. The van der Waals surface area contributed by atoms with E-state index < -0.39 is 9.84 Å². The molecule has 7 nitrogen and oxygen atoms in total. The van der Waals surface area contributed by atoms with Crippen LogP contribution < -0.4 is 0 Å². The summed E-state index contributed by atoms with van der Waals surface area (Å²) in [4.78, 5) is 7.50. The highest BCUT2D eigenvalue weighted by Gasteiger charge is 2.15. The fourth-order valence-electron chi connectivity index (χ4n) is 1.85. The summed E-state index contributed by atoms with van der Waals surface area (Å²) < 4.78 is 24.5. The van der Waals surface area contributed by atoms with Gasteiger partial charge in [0.2, 0.25) is 5.65 Å². The van der Waals surface area contributed by atoms with Crippen LogP contribution in [0.5, 0.6) is 0 Å². The molecule has 0 amide bonds. The molecular formula is C11H10ClN5O2S. The number of aromatic nitrogens is 5. The number of fused-ring (bicyclic) bond motifs is 1. The second-order valence-corrected chi connectivity index (χ2v) is 6.81. The SMILES string of the molecule is Cn1nnc2[nH]c(-c3ccc(S(C)(=O)=O)cc3Cl)nc21. The Hall–Kier alpha value is -1.93. The Kier molecular flexibility index (Phi) is 2.80. The quantitative estimate of drug-likeness (QED) is 0.772. The van der Waals surface area contributed by atoms with E-state index >= 15 is 0 Å². The summed E-state index contributed by atoms with van der Waals surface area (Å²) in [6, 6.07) is 4.52. The van der Waals surface area contributed by atoms with Crippen molar-refractivity contribution in [2.75, 3.05) is 6.26 Å². The van der Waals surface area contributed by atoms with Gasteiger partial charge < -0.3 is 4.98 Å². The van der Waals surface area contributed by atoms with E-state index in [2.05, 4.69) is 20.3 Å². The third kappa shape index (κ3) is 2.06. The van der Waals surface area contributed by atoms with Gasteiger partial charge in [0.1, 0.15) is 5.82 Å². The molecule has 0 atom stereocenters. The first-order chi connectivity index (χ1) is 9.36. The van der Waals surface area contributed by atoms with Crippen molar-refractivity contribution in [2.45, 2.75) is 4.90 Å².